The van der Waals surface area contributed by atoms with E-state index in [1.54, 1.807) is 41.5 Å². The van der Waals surface area contributed by atoms with Crippen molar-refractivity contribution < 1.29 is 29.0 Å². The van der Waals surface area contributed by atoms with Gasteiger partial charge in [0, 0.05) is 29.0 Å². The molecule has 1 N–H and O–H groups in total. The van der Waals surface area contributed by atoms with Crippen molar-refractivity contribution in [3.8, 4) is 17.2 Å². The molecule has 1 aliphatic carbocycles. The number of ketones is 3. The molecule has 0 radical (unpaired) electrons. The van der Waals surface area contributed by atoms with Crippen LogP contribution in [0.5, 0.6) is 17.2 Å². The number of phenolic OH excluding ortho intramolecular Hbond substituents is 1. The Balaban J connectivity index is 2.42. The first kappa shape index (κ1) is 23.0. The van der Waals surface area contributed by atoms with Crippen LogP contribution in [0.1, 0.15) is 83.1 Å². The number of fused-ring (bicyclic) bond motifs is 1. The van der Waals surface area contributed by atoms with E-state index in [9.17, 15) is 19.5 Å². The minimum Gasteiger partial charge on any atom is -0.507 e. The highest BCUT2D eigenvalue weighted by Gasteiger charge is 2.57. The van der Waals surface area contributed by atoms with Gasteiger partial charge in [0.2, 0.25) is 0 Å². The van der Waals surface area contributed by atoms with Gasteiger partial charge >= 0.3 is 0 Å². The molecular weight excluding hydrogens is 396 g/mol. The van der Waals surface area contributed by atoms with E-state index in [1.807, 2.05) is 6.92 Å². The molecule has 1 aromatic carbocycles. The van der Waals surface area contributed by atoms with Gasteiger partial charge in [-0.25, -0.2) is 0 Å². The predicted octanol–water partition coefficient (Wildman–Crippen LogP) is 4.97. The van der Waals surface area contributed by atoms with E-state index in [0.717, 1.165) is 6.42 Å². The first-order valence-corrected chi connectivity index (χ1v) is 10.8. The van der Waals surface area contributed by atoms with Crippen LogP contribution in [0.4, 0.5) is 0 Å². The summed E-state index contributed by atoms with van der Waals surface area (Å²) in [4.78, 5) is 39.9. The number of carbonyl (C=O) groups is 3. The fourth-order valence-corrected chi connectivity index (χ4v) is 4.85. The molecule has 1 unspecified atom stereocenters. The summed E-state index contributed by atoms with van der Waals surface area (Å²) in [7, 11) is 1.43. The summed E-state index contributed by atoms with van der Waals surface area (Å²) in [6, 6.07) is 1.42. The molecule has 1 atom stereocenters. The molecular formula is C25H32O6. The summed E-state index contributed by atoms with van der Waals surface area (Å²) in [5.74, 6) is -0.939. The average Bonchev–Trinajstić information content (AvgIpc) is 2.70. The van der Waals surface area contributed by atoms with Crippen molar-refractivity contribution in [1.82, 2.24) is 0 Å². The lowest BCUT2D eigenvalue weighted by Crippen LogP contribution is -2.51. The van der Waals surface area contributed by atoms with Gasteiger partial charge in [-0.3, -0.25) is 14.4 Å². The van der Waals surface area contributed by atoms with Gasteiger partial charge in [-0.15, -0.1) is 0 Å². The summed E-state index contributed by atoms with van der Waals surface area (Å²) in [6.45, 7) is 12.3. The molecule has 1 aromatic rings. The Labute approximate surface area is 183 Å². The topological polar surface area (TPSA) is 89.9 Å². The number of hydrogen-bond donors (Lipinski definition) is 1. The van der Waals surface area contributed by atoms with Crippen LogP contribution in [-0.4, -0.2) is 29.6 Å². The lowest BCUT2D eigenvalue weighted by Gasteiger charge is -2.45. The van der Waals surface area contributed by atoms with Gasteiger partial charge in [-0.2, -0.15) is 0 Å². The second-order valence-corrected chi connectivity index (χ2v) is 9.83. The first-order valence-electron chi connectivity index (χ1n) is 10.8. The third-order valence-corrected chi connectivity index (χ3v) is 6.49. The molecule has 2 aliphatic rings. The maximum Gasteiger partial charge on any atom is 0.175 e. The molecule has 0 fully saturated rings. The number of aromatic hydroxyl groups is 1. The number of hydrogen-bond acceptors (Lipinski definition) is 6. The normalized spacial score (nSPS) is 21.5. The van der Waals surface area contributed by atoms with Crippen LogP contribution in [0.2, 0.25) is 0 Å². The van der Waals surface area contributed by atoms with Gasteiger partial charge in [0.25, 0.3) is 0 Å². The van der Waals surface area contributed by atoms with E-state index < -0.39 is 16.7 Å². The van der Waals surface area contributed by atoms with Crippen molar-refractivity contribution in [2.24, 2.45) is 16.7 Å². The summed E-state index contributed by atoms with van der Waals surface area (Å²) in [6.07, 6.45) is 1.30. The Morgan fingerprint density at radius 1 is 1.19 bits per heavy atom. The largest absolute Gasteiger partial charge is 0.507 e. The fourth-order valence-electron chi connectivity index (χ4n) is 4.85. The smallest absolute Gasteiger partial charge is 0.175 e. The zero-order chi connectivity index (χ0) is 23.5. The zero-order valence-corrected chi connectivity index (χ0v) is 19.6. The summed E-state index contributed by atoms with van der Waals surface area (Å²) in [5.41, 5.74) is -1.19. The maximum atomic E-state index is 13.5. The molecule has 3 rings (SSSR count). The molecule has 0 aromatic heterocycles. The summed E-state index contributed by atoms with van der Waals surface area (Å²) >= 11 is 0. The lowest BCUT2D eigenvalue weighted by atomic mass is 9.60. The molecule has 168 valence electrons. The molecule has 0 bridgehead atoms. The number of carbonyl (C=O) groups excluding carboxylic acids is 3. The molecule has 0 amide bonds. The highest BCUT2D eigenvalue weighted by atomic mass is 16.5. The Bertz CT molecular complexity index is 1010. The number of rotatable bonds is 5. The Hall–Kier alpha value is -2.63. The Morgan fingerprint density at radius 2 is 1.81 bits per heavy atom. The highest BCUT2D eigenvalue weighted by molar-refractivity contribution is 6.20. The number of allylic oxidation sites excluding steroid dienone is 2. The summed E-state index contributed by atoms with van der Waals surface area (Å²) in [5, 5.41) is 10.9. The van der Waals surface area contributed by atoms with E-state index in [0.29, 0.717) is 17.6 Å². The second-order valence-electron chi connectivity index (χ2n) is 9.83. The molecule has 0 saturated carbocycles. The van der Waals surface area contributed by atoms with E-state index in [1.165, 1.54) is 13.2 Å². The predicted molar refractivity (Wildman–Crippen MR) is 117 cm³/mol. The van der Waals surface area contributed by atoms with Gasteiger partial charge in [0.15, 0.2) is 17.3 Å². The van der Waals surface area contributed by atoms with Crippen LogP contribution in [0.15, 0.2) is 17.4 Å². The van der Waals surface area contributed by atoms with Crippen LogP contribution in [0.25, 0.3) is 0 Å². The SMILES string of the molecule is CCCC1C2=C(Oc3c(C(=O)C(C)C)c(OC)cc(O)c31)C(C)(C)C(=O)C(C)(C)C2=O. The van der Waals surface area contributed by atoms with Crippen molar-refractivity contribution in [1.29, 1.82) is 0 Å². The van der Waals surface area contributed by atoms with Crippen molar-refractivity contribution in [2.75, 3.05) is 7.11 Å². The monoisotopic (exact) mass is 428 g/mol. The number of phenols is 1. The third kappa shape index (κ3) is 3.19. The van der Waals surface area contributed by atoms with E-state index in [4.69, 9.17) is 9.47 Å². The molecule has 0 spiro atoms. The van der Waals surface area contributed by atoms with Crippen molar-refractivity contribution in [3.05, 3.63) is 28.5 Å². The van der Waals surface area contributed by atoms with Crippen LogP contribution in [0, 0.1) is 16.7 Å². The Morgan fingerprint density at radius 3 is 2.32 bits per heavy atom. The van der Waals surface area contributed by atoms with Crippen LogP contribution in [0.3, 0.4) is 0 Å². The van der Waals surface area contributed by atoms with Gasteiger partial charge in [-0.1, -0.05) is 27.2 Å². The molecule has 6 heteroatoms. The van der Waals surface area contributed by atoms with Crippen LogP contribution < -0.4 is 9.47 Å². The van der Waals surface area contributed by atoms with E-state index in [2.05, 4.69) is 0 Å². The number of methoxy groups -OCH3 is 1. The van der Waals surface area contributed by atoms with Gasteiger partial charge in [-0.05, 0) is 34.1 Å². The van der Waals surface area contributed by atoms with Gasteiger partial charge in [0.05, 0.1) is 17.9 Å². The average molecular weight is 429 g/mol. The van der Waals surface area contributed by atoms with Crippen LogP contribution >= 0.6 is 0 Å². The maximum absolute atomic E-state index is 13.5. The Kier molecular flexibility index (Phi) is 5.58. The quantitative estimate of drug-likeness (QED) is 0.526. The number of ether oxygens (including phenoxy) is 2. The molecule has 31 heavy (non-hydrogen) atoms. The van der Waals surface area contributed by atoms with E-state index >= 15 is 0 Å². The molecule has 1 heterocycles. The number of Topliss-reactive ketones (excluding diaryl/α,β-unsaturated/α-hetero) is 3. The zero-order valence-electron chi connectivity index (χ0n) is 19.6. The van der Waals surface area contributed by atoms with Crippen LogP contribution in [-0.2, 0) is 9.59 Å². The minimum absolute atomic E-state index is 0.0857. The van der Waals surface area contributed by atoms with Crippen molar-refractivity contribution in [2.45, 2.75) is 67.2 Å². The van der Waals surface area contributed by atoms with E-state index in [-0.39, 0.29) is 51.8 Å². The van der Waals surface area contributed by atoms with Gasteiger partial charge in [0.1, 0.15) is 28.6 Å². The number of benzene rings is 1. The van der Waals surface area contributed by atoms with Crippen molar-refractivity contribution in [3.63, 3.8) is 0 Å². The van der Waals surface area contributed by atoms with Crippen molar-refractivity contribution >= 4 is 17.3 Å². The first-order chi connectivity index (χ1) is 14.3. The molecule has 1 aliphatic heterocycles. The highest BCUT2D eigenvalue weighted by Crippen LogP contribution is 2.57. The standard InChI is InChI=1S/C25H32O6/c1-9-10-13-16-14(26)11-15(30-8)18(19(27)12(2)3)20(16)31-22-17(13)21(28)24(4,5)23(29)25(22,6)7/h11-13,26H,9-10H2,1-8H3. The minimum atomic E-state index is -1.20. The molecule has 6 nitrogen and oxygen atoms in total. The lowest BCUT2D eigenvalue weighted by molar-refractivity contribution is -0.144. The fraction of sp³-hybridized carbons (Fsp3) is 0.560. The van der Waals surface area contributed by atoms with Gasteiger partial charge < -0.3 is 14.6 Å². The second kappa shape index (κ2) is 7.50. The third-order valence-electron chi connectivity index (χ3n) is 6.49. The molecule has 0 saturated heterocycles. The summed E-state index contributed by atoms with van der Waals surface area (Å²) < 4.78 is 11.7.